The average molecular weight is 298 g/mol. The van der Waals surface area contributed by atoms with E-state index in [0.29, 0.717) is 0 Å². The van der Waals surface area contributed by atoms with E-state index in [1.165, 1.54) is 24.0 Å². The van der Waals surface area contributed by atoms with Crippen molar-refractivity contribution in [1.82, 2.24) is 9.97 Å². The zero-order valence-electron chi connectivity index (χ0n) is 14.3. The standard InChI is InChI=1S/C18H26N4/c1-6-7-11-22(5)17-12-16(19-15(4)20-17)21-18-13(2)9-8-10-14(18)3/h8-10,12H,6-7,11H2,1-5H3,(H,19,20,21). The van der Waals surface area contributed by atoms with E-state index in [1.54, 1.807) is 0 Å². The van der Waals surface area contributed by atoms with Gasteiger partial charge in [0.05, 0.1) is 0 Å². The van der Waals surface area contributed by atoms with Crippen LogP contribution in [-0.2, 0) is 0 Å². The molecule has 4 nitrogen and oxygen atoms in total. The minimum Gasteiger partial charge on any atom is -0.360 e. The van der Waals surface area contributed by atoms with E-state index >= 15 is 0 Å². The molecule has 0 saturated carbocycles. The lowest BCUT2D eigenvalue weighted by Crippen LogP contribution is -2.20. The van der Waals surface area contributed by atoms with Crippen LogP contribution in [0.4, 0.5) is 17.3 Å². The third-order valence-corrected chi connectivity index (χ3v) is 3.80. The molecule has 0 amide bonds. The zero-order chi connectivity index (χ0) is 16.1. The van der Waals surface area contributed by atoms with E-state index in [-0.39, 0.29) is 0 Å². The fourth-order valence-corrected chi connectivity index (χ4v) is 2.46. The second kappa shape index (κ2) is 7.25. The lowest BCUT2D eigenvalue weighted by molar-refractivity contribution is 0.756. The molecule has 0 unspecified atom stereocenters. The van der Waals surface area contributed by atoms with E-state index in [2.05, 4.69) is 66.2 Å². The van der Waals surface area contributed by atoms with Crippen LogP contribution in [-0.4, -0.2) is 23.6 Å². The molecule has 0 atom stereocenters. The van der Waals surface area contributed by atoms with Crippen molar-refractivity contribution in [2.24, 2.45) is 0 Å². The Morgan fingerprint density at radius 1 is 1.09 bits per heavy atom. The van der Waals surface area contributed by atoms with Gasteiger partial charge in [-0.05, 0) is 38.3 Å². The number of benzene rings is 1. The van der Waals surface area contributed by atoms with Gasteiger partial charge in [-0.3, -0.25) is 0 Å². The van der Waals surface area contributed by atoms with E-state index in [9.17, 15) is 0 Å². The average Bonchev–Trinajstić information content (AvgIpc) is 2.48. The lowest BCUT2D eigenvalue weighted by Gasteiger charge is -2.19. The van der Waals surface area contributed by atoms with Gasteiger partial charge in [0.2, 0.25) is 0 Å². The van der Waals surface area contributed by atoms with Crippen LogP contribution in [0.25, 0.3) is 0 Å². The lowest BCUT2D eigenvalue weighted by atomic mass is 10.1. The number of anilines is 3. The SMILES string of the molecule is CCCCN(C)c1cc(Nc2c(C)cccc2C)nc(C)n1. The number of nitrogens with one attached hydrogen (secondary N) is 1. The molecule has 22 heavy (non-hydrogen) atoms. The maximum atomic E-state index is 4.55. The normalized spacial score (nSPS) is 10.6. The molecule has 0 aliphatic rings. The molecule has 0 radical (unpaired) electrons. The Bertz CT molecular complexity index is 617. The zero-order valence-corrected chi connectivity index (χ0v) is 14.3. The molecule has 118 valence electrons. The first-order chi connectivity index (χ1) is 10.5. The Labute approximate surface area is 133 Å². The molecule has 2 rings (SSSR count). The molecule has 4 heteroatoms. The van der Waals surface area contributed by atoms with Crippen molar-refractivity contribution in [3.8, 4) is 0 Å². The fourth-order valence-electron chi connectivity index (χ4n) is 2.46. The summed E-state index contributed by atoms with van der Waals surface area (Å²) in [5, 5.41) is 3.45. The number of hydrogen-bond acceptors (Lipinski definition) is 4. The summed E-state index contributed by atoms with van der Waals surface area (Å²) in [6, 6.07) is 8.31. The Hall–Kier alpha value is -2.10. The maximum Gasteiger partial charge on any atom is 0.136 e. The van der Waals surface area contributed by atoms with Gasteiger partial charge in [-0.1, -0.05) is 31.5 Å². The molecule has 2 aromatic rings. The molecular formula is C18H26N4. The van der Waals surface area contributed by atoms with Gasteiger partial charge in [0.1, 0.15) is 17.5 Å². The van der Waals surface area contributed by atoms with Crippen LogP contribution in [0.1, 0.15) is 36.7 Å². The first-order valence-corrected chi connectivity index (χ1v) is 7.91. The molecule has 0 aliphatic heterocycles. The molecule has 1 aromatic heterocycles. The summed E-state index contributed by atoms with van der Waals surface area (Å²) in [7, 11) is 2.08. The minimum atomic E-state index is 0.787. The third kappa shape index (κ3) is 3.97. The number of nitrogens with zero attached hydrogens (tertiary/aromatic N) is 3. The Morgan fingerprint density at radius 2 is 1.77 bits per heavy atom. The summed E-state index contributed by atoms with van der Waals surface area (Å²) < 4.78 is 0. The van der Waals surface area contributed by atoms with Gasteiger partial charge in [-0.15, -0.1) is 0 Å². The molecule has 0 aliphatic carbocycles. The Kier molecular flexibility index (Phi) is 5.36. The summed E-state index contributed by atoms with van der Waals surface area (Å²) >= 11 is 0. The van der Waals surface area contributed by atoms with Crippen molar-refractivity contribution >= 4 is 17.3 Å². The summed E-state index contributed by atoms with van der Waals surface area (Å²) in [6.45, 7) is 9.37. The number of unbranched alkanes of at least 4 members (excludes halogenated alkanes) is 1. The van der Waals surface area contributed by atoms with Crippen molar-refractivity contribution in [3.63, 3.8) is 0 Å². The molecule has 0 fully saturated rings. The highest BCUT2D eigenvalue weighted by Crippen LogP contribution is 2.25. The molecule has 1 heterocycles. The minimum absolute atomic E-state index is 0.787. The number of para-hydroxylation sites is 1. The summed E-state index contributed by atoms with van der Waals surface area (Å²) in [5.74, 6) is 2.60. The van der Waals surface area contributed by atoms with Crippen LogP contribution in [0.2, 0.25) is 0 Å². The maximum absolute atomic E-state index is 4.55. The molecule has 0 saturated heterocycles. The smallest absolute Gasteiger partial charge is 0.136 e. The quantitative estimate of drug-likeness (QED) is 0.859. The van der Waals surface area contributed by atoms with Crippen LogP contribution < -0.4 is 10.2 Å². The number of aryl methyl sites for hydroxylation is 3. The highest BCUT2D eigenvalue weighted by atomic mass is 15.2. The first kappa shape index (κ1) is 16.3. The largest absolute Gasteiger partial charge is 0.360 e. The fraction of sp³-hybridized carbons (Fsp3) is 0.444. The van der Waals surface area contributed by atoms with Crippen LogP contribution in [0.15, 0.2) is 24.3 Å². The Balaban J connectivity index is 2.26. The predicted molar refractivity (Wildman–Crippen MR) is 94.1 cm³/mol. The molecular weight excluding hydrogens is 272 g/mol. The van der Waals surface area contributed by atoms with Crippen LogP contribution in [0, 0.1) is 20.8 Å². The highest BCUT2D eigenvalue weighted by Gasteiger charge is 2.08. The van der Waals surface area contributed by atoms with E-state index in [4.69, 9.17) is 0 Å². The van der Waals surface area contributed by atoms with Crippen molar-refractivity contribution in [3.05, 3.63) is 41.2 Å². The van der Waals surface area contributed by atoms with Gasteiger partial charge in [0.25, 0.3) is 0 Å². The highest BCUT2D eigenvalue weighted by molar-refractivity contribution is 5.66. The van der Waals surface area contributed by atoms with Crippen molar-refractivity contribution < 1.29 is 0 Å². The molecule has 0 bridgehead atoms. The van der Waals surface area contributed by atoms with Crippen molar-refractivity contribution in [1.29, 1.82) is 0 Å². The molecule has 0 spiro atoms. The van der Waals surface area contributed by atoms with Gasteiger partial charge in [0, 0.05) is 25.3 Å². The van der Waals surface area contributed by atoms with Gasteiger partial charge >= 0.3 is 0 Å². The predicted octanol–water partition coefficient (Wildman–Crippen LogP) is 4.38. The van der Waals surface area contributed by atoms with Gasteiger partial charge in [0.15, 0.2) is 0 Å². The van der Waals surface area contributed by atoms with E-state index in [0.717, 1.165) is 29.7 Å². The van der Waals surface area contributed by atoms with Crippen molar-refractivity contribution in [2.45, 2.75) is 40.5 Å². The number of aromatic nitrogens is 2. The van der Waals surface area contributed by atoms with Crippen LogP contribution >= 0.6 is 0 Å². The van der Waals surface area contributed by atoms with Crippen molar-refractivity contribution in [2.75, 3.05) is 23.8 Å². The van der Waals surface area contributed by atoms with Crippen LogP contribution in [0.5, 0.6) is 0 Å². The Morgan fingerprint density at radius 3 is 2.41 bits per heavy atom. The summed E-state index contributed by atoms with van der Waals surface area (Å²) in [4.78, 5) is 11.3. The second-order valence-corrected chi connectivity index (χ2v) is 5.83. The first-order valence-electron chi connectivity index (χ1n) is 7.91. The third-order valence-electron chi connectivity index (χ3n) is 3.80. The van der Waals surface area contributed by atoms with Gasteiger partial charge < -0.3 is 10.2 Å². The molecule has 1 aromatic carbocycles. The second-order valence-electron chi connectivity index (χ2n) is 5.83. The topological polar surface area (TPSA) is 41.0 Å². The van der Waals surface area contributed by atoms with Gasteiger partial charge in [-0.2, -0.15) is 0 Å². The van der Waals surface area contributed by atoms with E-state index < -0.39 is 0 Å². The van der Waals surface area contributed by atoms with Gasteiger partial charge in [-0.25, -0.2) is 9.97 Å². The molecule has 1 N–H and O–H groups in total. The number of rotatable bonds is 6. The summed E-state index contributed by atoms with van der Waals surface area (Å²) in [5.41, 5.74) is 3.57. The summed E-state index contributed by atoms with van der Waals surface area (Å²) in [6.07, 6.45) is 2.35. The van der Waals surface area contributed by atoms with Crippen LogP contribution in [0.3, 0.4) is 0 Å². The number of hydrogen-bond donors (Lipinski definition) is 1. The monoisotopic (exact) mass is 298 g/mol. The van der Waals surface area contributed by atoms with E-state index in [1.807, 2.05) is 13.0 Å².